The summed E-state index contributed by atoms with van der Waals surface area (Å²) in [6, 6.07) is 6.59. The van der Waals surface area contributed by atoms with Crippen molar-refractivity contribution in [1.29, 1.82) is 0 Å². The number of thiazole rings is 1. The molecule has 0 fully saturated rings. The van der Waals surface area contributed by atoms with Crippen molar-refractivity contribution in [3.63, 3.8) is 0 Å². The van der Waals surface area contributed by atoms with Crippen LogP contribution in [0.1, 0.15) is 21.0 Å². The van der Waals surface area contributed by atoms with Crippen molar-refractivity contribution in [3.8, 4) is 0 Å². The Kier molecular flexibility index (Phi) is 3.85. The molecule has 2 N–H and O–H groups in total. The fraction of sp³-hybridized carbons (Fsp3) is 0.312. The number of benzene rings is 1. The van der Waals surface area contributed by atoms with E-state index in [9.17, 15) is 0 Å². The molecule has 0 saturated carbocycles. The van der Waals surface area contributed by atoms with Crippen molar-refractivity contribution in [1.82, 2.24) is 15.3 Å². The molecule has 3 aromatic rings. The lowest BCUT2D eigenvalue weighted by molar-refractivity contribution is 0.694. The summed E-state index contributed by atoms with van der Waals surface area (Å²) in [5.41, 5.74) is 3.91. The monoisotopic (exact) mass is 285 g/mol. The maximum absolute atomic E-state index is 4.27. The minimum atomic E-state index is 0.910. The van der Waals surface area contributed by atoms with Gasteiger partial charge >= 0.3 is 0 Å². The molecule has 2 heterocycles. The normalized spacial score (nSPS) is 11.3. The Labute approximate surface area is 123 Å². The Balaban J connectivity index is 1.57. The lowest BCUT2D eigenvalue weighted by atomic mass is 10.1. The van der Waals surface area contributed by atoms with E-state index in [0.29, 0.717) is 0 Å². The van der Waals surface area contributed by atoms with Crippen LogP contribution in [0.15, 0.2) is 30.6 Å². The number of hydrogen-bond acceptors (Lipinski definition) is 3. The lowest BCUT2D eigenvalue weighted by Gasteiger charge is -2.02. The molecule has 1 aromatic carbocycles. The van der Waals surface area contributed by atoms with Gasteiger partial charge in [-0.3, -0.25) is 0 Å². The maximum atomic E-state index is 4.27. The third-order valence-corrected chi connectivity index (χ3v) is 4.38. The van der Waals surface area contributed by atoms with E-state index in [1.807, 2.05) is 13.1 Å². The summed E-state index contributed by atoms with van der Waals surface area (Å²) in [6.07, 6.45) is 5.13. The molecule has 0 saturated heterocycles. The van der Waals surface area contributed by atoms with Crippen molar-refractivity contribution in [2.24, 2.45) is 0 Å². The number of aromatic amines is 1. The van der Waals surface area contributed by atoms with E-state index >= 15 is 0 Å². The topological polar surface area (TPSA) is 40.7 Å². The first-order chi connectivity index (χ1) is 9.72. The van der Waals surface area contributed by atoms with Gasteiger partial charge in [0.25, 0.3) is 0 Å². The summed E-state index contributed by atoms with van der Waals surface area (Å²) in [6.45, 7) is 6.06. The molecule has 20 heavy (non-hydrogen) atoms. The van der Waals surface area contributed by atoms with E-state index < -0.39 is 0 Å². The average molecular weight is 285 g/mol. The SMILES string of the molecule is Cc1ccc2c(CCNCc3cnc(C)s3)c[nH]c2c1. The van der Waals surface area contributed by atoms with Gasteiger partial charge in [0.2, 0.25) is 0 Å². The smallest absolute Gasteiger partial charge is 0.0897 e. The van der Waals surface area contributed by atoms with E-state index in [1.54, 1.807) is 11.3 Å². The summed E-state index contributed by atoms with van der Waals surface area (Å²) in [5, 5.41) is 5.96. The zero-order chi connectivity index (χ0) is 13.9. The highest BCUT2D eigenvalue weighted by Gasteiger charge is 2.03. The number of nitrogens with one attached hydrogen (secondary N) is 2. The van der Waals surface area contributed by atoms with Gasteiger partial charge in [0.15, 0.2) is 0 Å². The van der Waals surface area contributed by atoms with Gasteiger partial charge in [0.05, 0.1) is 5.01 Å². The number of aryl methyl sites for hydroxylation is 2. The Morgan fingerprint density at radius 3 is 3.00 bits per heavy atom. The van der Waals surface area contributed by atoms with Crippen molar-refractivity contribution in [3.05, 3.63) is 51.6 Å². The van der Waals surface area contributed by atoms with Crippen LogP contribution in [0.25, 0.3) is 10.9 Å². The Hall–Kier alpha value is -1.65. The van der Waals surface area contributed by atoms with Gasteiger partial charge < -0.3 is 10.3 Å². The van der Waals surface area contributed by atoms with E-state index in [2.05, 4.69) is 46.6 Å². The molecule has 0 aliphatic rings. The lowest BCUT2D eigenvalue weighted by Crippen LogP contribution is -2.15. The molecule has 104 valence electrons. The fourth-order valence-corrected chi connectivity index (χ4v) is 3.19. The third-order valence-electron chi connectivity index (χ3n) is 3.46. The minimum absolute atomic E-state index is 0.910. The predicted octanol–water partition coefficient (Wildman–Crippen LogP) is 3.57. The quantitative estimate of drug-likeness (QED) is 0.704. The average Bonchev–Trinajstić information content (AvgIpc) is 3.01. The highest BCUT2D eigenvalue weighted by atomic mass is 32.1. The number of H-pyrrole nitrogens is 1. The van der Waals surface area contributed by atoms with Crippen LogP contribution in [0.2, 0.25) is 0 Å². The summed E-state index contributed by atoms with van der Waals surface area (Å²) in [4.78, 5) is 8.93. The molecule has 0 aliphatic carbocycles. The zero-order valence-corrected chi connectivity index (χ0v) is 12.7. The van der Waals surface area contributed by atoms with Gasteiger partial charge in [0, 0.05) is 34.7 Å². The highest BCUT2D eigenvalue weighted by Crippen LogP contribution is 2.19. The summed E-state index contributed by atoms with van der Waals surface area (Å²) in [7, 11) is 0. The van der Waals surface area contributed by atoms with Crippen molar-refractivity contribution < 1.29 is 0 Å². The first-order valence-electron chi connectivity index (χ1n) is 6.91. The van der Waals surface area contributed by atoms with Gasteiger partial charge in [-0.1, -0.05) is 12.1 Å². The second kappa shape index (κ2) is 5.77. The number of nitrogens with zero attached hydrogens (tertiary/aromatic N) is 1. The molecule has 0 radical (unpaired) electrons. The van der Waals surface area contributed by atoms with E-state index in [4.69, 9.17) is 0 Å². The van der Waals surface area contributed by atoms with Gasteiger partial charge in [-0.05, 0) is 44.0 Å². The first-order valence-corrected chi connectivity index (χ1v) is 7.72. The highest BCUT2D eigenvalue weighted by molar-refractivity contribution is 7.11. The molecule has 0 aliphatic heterocycles. The van der Waals surface area contributed by atoms with Crippen LogP contribution in [0, 0.1) is 13.8 Å². The van der Waals surface area contributed by atoms with Crippen LogP contribution < -0.4 is 5.32 Å². The van der Waals surface area contributed by atoms with Gasteiger partial charge in [-0.15, -0.1) is 11.3 Å². The third kappa shape index (κ3) is 2.92. The van der Waals surface area contributed by atoms with Crippen LogP contribution in [-0.4, -0.2) is 16.5 Å². The minimum Gasteiger partial charge on any atom is -0.361 e. The van der Waals surface area contributed by atoms with Gasteiger partial charge in [-0.2, -0.15) is 0 Å². The Morgan fingerprint density at radius 1 is 1.30 bits per heavy atom. The summed E-state index contributed by atoms with van der Waals surface area (Å²) in [5.74, 6) is 0. The summed E-state index contributed by atoms with van der Waals surface area (Å²) >= 11 is 1.76. The molecule has 4 heteroatoms. The largest absolute Gasteiger partial charge is 0.361 e. The molecule has 0 atom stereocenters. The second-order valence-corrected chi connectivity index (χ2v) is 6.45. The fourth-order valence-electron chi connectivity index (χ4n) is 2.43. The number of rotatable bonds is 5. The molecular weight excluding hydrogens is 266 g/mol. The number of aromatic nitrogens is 2. The zero-order valence-electron chi connectivity index (χ0n) is 11.9. The Morgan fingerprint density at radius 2 is 2.20 bits per heavy atom. The molecule has 2 aromatic heterocycles. The van der Waals surface area contributed by atoms with Crippen molar-refractivity contribution >= 4 is 22.2 Å². The second-order valence-electron chi connectivity index (χ2n) is 5.14. The van der Waals surface area contributed by atoms with Crippen molar-refractivity contribution in [2.75, 3.05) is 6.54 Å². The maximum Gasteiger partial charge on any atom is 0.0897 e. The Bertz CT molecular complexity index is 711. The van der Waals surface area contributed by atoms with Crippen molar-refractivity contribution in [2.45, 2.75) is 26.8 Å². The van der Waals surface area contributed by atoms with Crippen LogP contribution in [0.3, 0.4) is 0 Å². The number of fused-ring (bicyclic) bond motifs is 1. The van der Waals surface area contributed by atoms with Crippen LogP contribution in [0.4, 0.5) is 0 Å². The standard InChI is InChI=1S/C16H19N3S/c1-11-3-4-15-13(8-19-16(15)7-11)5-6-17-9-14-10-18-12(2)20-14/h3-4,7-8,10,17,19H,5-6,9H2,1-2H3. The molecule has 3 nitrogen and oxygen atoms in total. The van der Waals surface area contributed by atoms with E-state index in [0.717, 1.165) is 24.5 Å². The van der Waals surface area contributed by atoms with Gasteiger partial charge in [-0.25, -0.2) is 4.98 Å². The van der Waals surface area contributed by atoms with Crippen LogP contribution >= 0.6 is 11.3 Å². The molecule has 0 unspecified atom stereocenters. The predicted molar refractivity (Wildman–Crippen MR) is 85.3 cm³/mol. The molecule has 0 bridgehead atoms. The first kappa shape index (κ1) is 13.3. The summed E-state index contributed by atoms with van der Waals surface area (Å²) < 4.78 is 0. The van der Waals surface area contributed by atoms with Crippen LogP contribution in [-0.2, 0) is 13.0 Å². The van der Waals surface area contributed by atoms with Crippen LogP contribution in [0.5, 0.6) is 0 Å². The molecular formula is C16H19N3S. The number of hydrogen-bond donors (Lipinski definition) is 2. The van der Waals surface area contributed by atoms with Gasteiger partial charge in [0.1, 0.15) is 0 Å². The molecule has 0 amide bonds. The van der Waals surface area contributed by atoms with E-state index in [1.165, 1.54) is 26.9 Å². The van der Waals surface area contributed by atoms with E-state index in [-0.39, 0.29) is 0 Å². The molecule has 0 spiro atoms. The molecule has 3 rings (SSSR count).